The fourth-order valence-electron chi connectivity index (χ4n) is 2.46. The predicted molar refractivity (Wildman–Crippen MR) is 66.8 cm³/mol. The molecule has 0 aromatic carbocycles. The van der Waals surface area contributed by atoms with E-state index in [0.29, 0.717) is 6.20 Å². The van der Waals surface area contributed by atoms with E-state index < -0.39 is 35.2 Å². The van der Waals surface area contributed by atoms with E-state index >= 15 is 0 Å². The maximum absolute atomic E-state index is 12.7. The van der Waals surface area contributed by atoms with E-state index in [1.165, 1.54) is 0 Å². The Morgan fingerprint density at radius 2 is 2.23 bits per heavy atom. The van der Waals surface area contributed by atoms with E-state index in [2.05, 4.69) is 15.6 Å². The Bertz CT molecular complexity index is 664. The van der Waals surface area contributed by atoms with Crippen molar-refractivity contribution in [1.82, 2.24) is 10.3 Å². The Labute approximate surface area is 122 Å². The fourth-order valence-corrected chi connectivity index (χ4v) is 2.46. The molecule has 10 heteroatoms. The van der Waals surface area contributed by atoms with Gasteiger partial charge in [-0.15, -0.1) is 0 Å². The van der Waals surface area contributed by atoms with Crippen molar-refractivity contribution in [2.24, 2.45) is 5.73 Å². The summed E-state index contributed by atoms with van der Waals surface area (Å²) in [7, 11) is 0. The van der Waals surface area contributed by atoms with Gasteiger partial charge in [-0.3, -0.25) is 9.59 Å². The molecule has 2 atom stereocenters. The number of primary amides is 1. The Hall–Kier alpha value is -2.36. The Balaban J connectivity index is 1.94. The summed E-state index contributed by atoms with van der Waals surface area (Å²) in [6.07, 6.45) is -4.03. The summed E-state index contributed by atoms with van der Waals surface area (Å²) < 4.78 is 43.6. The van der Waals surface area contributed by atoms with Crippen LogP contribution in [0.5, 0.6) is 5.75 Å². The van der Waals surface area contributed by atoms with Gasteiger partial charge in [0.1, 0.15) is 0 Å². The number of carbonyl (C=O) groups is 2. The minimum atomic E-state index is -4.58. The number of nitrogens with two attached hydrogens (primary N) is 1. The van der Waals surface area contributed by atoms with E-state index in [-0.39, 0.29) is 24.5 Å². The maximum Gasteiger partial charge on any atom is 0.418 e. The average Bonchev–Trinajstić information content (AvgIpc) is 2.84. The van der Waals surface area contributed by atoms with Crippen LogP contribution in [0.4, 0.5) is 19.0 Å². The first-order chi connectivity index (χ1) is 10.2. The molecule has 1 fully saturated rings. The molecule has 4 N–H and O–H groups in total. The Morgan fingerprint density at radius 3 is 2.82 bits per heavy atom. The standard InChI is InChI=1S/C12H11F3N4O3/c13-12(14,15)5-1-7-9(17-3-5)19-10(21)11(22-7)2-6(8(16)20)18-4-11/h1,3,6,18H,2,4H2,(H2,16,20)(H,17,19,21)/t6-,11+/m0/s1. The lowest BCUT2D eigenvalue weighted by Crippen LogP contribution is -2.52. The number of hydrogen-bond donors (Lipinski definition) is 3. The molecule has 2 aliphatic rings. The van der Waals surface area contributed by atoms with Crippen molar-refractivity contribution in [3.05, 3.63) is 17.8 Å². The number of hydrogen-bond acceptors (Lipinski definition) is 5. The van der Waals surface area contributed by atoms with Crippen molar-refractivity contribution in [3.63, 3.8) is 0 Å². The Morgan fingerprint density at radius 1 is 1.50 bits per heavy atom. The molecule has 0 radical (unpaired) electrons. The number of amides is 2. The zero-order chi connectivity index (χ0) is 16.1. The third-order valence-corrected chi connectivity index (χ3v) is 3.64. The monoisotopic (exact) mass is 316 g/mol. The van der Waals surface area contributed by atoms with Crippen LogP contribution >= 0.6 is 0 Å². The van der Waals surface area contributed by atoms with E-state index in [1.54, 1.807) is 0 Å². The molecule has 2 amide bonds. The summed E-state index contributed by atoms with van der Waals surface area (Å²) in [5.41, 5.74) is 2.69. The van der Waals surface area contributed by atoms with Gasteiger partial charge in [0.2, 0.25) is 11.5 Å². The summed E-state index contributed by atoms with van der Waals surface area (Å²) in [5, 5.41) is 5.12. The largest absolute Gasteiger partial charge is 0.472 e. The van der Waals surface area contributed by atoms with Gasteiger partial charge in [-0.2, -0.15) is 13.2 Å². The summed E-state index contributed by atoms with van der Waals surface area (Å²) in [6, 6.07) is -0.0211. The quantitative estimate of drug-likeness (QED) is 0.677. The van der Waals surface area contributed by atoms with Crippen LogP contribution in [0, 0.1) is 0 Å². The predicted octanol–water partition coefficient (Wildman–Crippen LogP) is 0.0173. The molecule has 1 aromatic rings. The van der Waals surface area contributed by atoms with Crippen LogP contribution < -0.4 is 21.1 Å². The van der Waals surface area contributed by atoms with Gasteiger partial charge in [-0.05, 0) is 6.07 Å². The zero-order valence-electron chi connectivity index (χ0n) is 11.0. The van der Waals surface area contributed by atoms with Crippen LogP contribution in [-0.4, -0.2) is 35.0 Å². The van der Waals surface area contributed by atoms with Gasteiger partial charge in [0.05, 0.1) is 11.6 Å². The number of pyridine rings is 1. The van der Waals surface area contributed by atoms with Crippen LogP contribution in [0.3, 0.4) is 0 Å². The first-order valence-electron chi connectivity index (χ1n) is 6.32. The van der Waals surface area contributed by atoms with Crippen molar-refractivity contribution in [3.8, 4) is 5.75 Å². The van der Waals surface area contributed by atoms with Crippen LogP contribution in [0.15, 0.2) is 12.3 Å². The highest BCUT2D eigenvalue weighted by atomic mass is 19.4. The van der Waals surface area contributed by atoms with E-state index in [9.17, 15) is 22.8 Å². The molecular weight excluding hydrogens is 305 g/mol. The van der Waals surface area contributed by atoms with Gasteiger partial charge in [0.25, 0.3) is 5.91 Å². The van der Waals surface area contributed by atoms with Crippen molar-refractivity contribution in [2.75, 3.05) is 11.9 Å². The van der Waals surface area contributed by atoms with Gasteiger partial charge in [0.15, 0.2) is 11.6 Å². The third kappa shape index (κ3) is 2.25. The number of alkyl halides is 3. The summed E-state index contributed by atoms with van der Waals surface area (Å²) >= 11 is 0. The minimum absolute atomic E-state index is 0.0396. The van der Waals surface area contributed by atoms with E-state index in [0.717, 1.165) is 6.07 Å². The molecule has 118 valence electrons. The molecule has 1 saturated heterocycles. The maximum atomic E-state index is 12.7. The number of aromatic nitrogens is 1. The molecule has 7 nitrogen and oxygen atoms in total. The Kier molecular flexibility index (Phi) is 3.02. The van der Waals surface area contributed by atoms with Gasteiger partial charge >= 0.3 is 6.18 Å². The molecule has 2 aliphatic heterocycles. The van der Waals surface area contributed by atoms with Crippen LogP contribution in [-0.2, 0) is 15.8 Å². The normalized spacial score (nSPS) is 27.2. The number of fused-ring (bicyclic) bond motifs is 1. The second kappa shape index (κ2) is 4.57. The number of ether oxygens (including phenoxy) is 1. The second-order valence-corrected chi connectivity index (χ2v) is 5.16. The number of nitrogens with one attached hydrogen (secondary N) is 2. The SMILES string of the molecule is NC(=O)[C@@H]1C[C@]2(CN1)Oc1cc(C(F)(F)F)cnc1NC2=O. The van der Waals surface area contributed by atoms with Crippen molar-refractivity contribution < 1.29 is 27.5 Å². The lowest BCUT2D eigenvalue weighted by molar-refractivity contribution is -0.138. The summed E-state index contributed by atoms with van der Waals surface area (Å²) in [6.45, 7) is -0.0396. The van der Waals surface area contributed by atoms with E-state index in [1.807, 2.05) is 0 Å². The first kappa shape index (κ1) is 14.6. The molecule has 0 unspecified atom stereocenters. The van der Waals surface area contributed by atoms with Gasteiger partial charge in [0, 0.05) is 19.2 Å². The lowest BCUT2D eigenvalue weighted by atomic mass is 9.97. The number of halogens is 3. The topological polar surface area (TPSA) is 106 Å². The first-order valence-corrected chi connectivity index (χ1v) is 6.32. The number of nitrogens with zero attached hydrogens (tertiary/aromatic N) is 1. The lowest BCUT2D eigenvalue weighted by Gasteiger charge is -2.33. The molecule has 0 saturated carbocycles. The highest BCUT2D eigenvalue weighted by molar-refractivity contribution is 6.01. The number of rotatable bonds is 1. The zero-order valence-corrected chi connectivity index (χ0v) is 11.0. The molecule has 1 spiro atoms. The molecule has 1 aromatic heterocycles. The van der Waals surface area contributed by atoms with Crippen molar-refractivity contribution in [2.45, 2.75) is 24.2 Å². The highest BCUT2D eigenvalue weighted by Crippen LogP contribution is 2.39. The third-order valence-electron chi connectivity index (χ3n) is 3.64. The summed E-state index contributed by atoms with van der Waals surface area (Å²) in [5.74, 6) is -1.53. The van der Waals surface area contributed by atoms with Gasteiger partial charge < -0.3 is 21.1 Å². The molecule has 0 bridgehead atoms. The smallest absolute Gasteiger partial charge is 0.418 e. The van der Waals surface area contributed by atoms with Crippen LogP contribution in [0.25, 0.3) is 0 Å². The van der Waals surface area contributed by atoms with Crippen molar-refractivity contribution >= 4 is 17.6 Å². The fraction of sp³-hybridized carbons (Fsp3) is 0.417. The van der Waals surface area contributed by atoms with Gasteiger partial charge in [-0.25, -0.2) is 4.98 Å². The second-order valence-electron chi connectivity index (χ2n) is 5.16. The molecular formula is C12H11F3N4O3. The van der Waals surface area contributed by atoms with Crippen LogP contribution in [0.1, 0.15) is 12.0 Å². The average molecular weight is 316 g/mol. The summed E-state index contributed by atoms with van der Waals surface area (Å²) in [4.78, 5) is 26.9. The molecule has 22 heavy (non-hydrogen) atoms. The highest BCUT2D eigenvalue weighted by Gasteiger charge is 2.52. The van der Waals surface area contributed by atoms with Gasteiger partial charge in [-0.1, -0.05) is 0 Å². The molecule has 3 heterocycles. The van der Waals surface area contributed by atoms with Crippen LogP contribution in [0.2, 0.25) is 0 Å². The number of anilines is 1. The minimum Gasteiger partial charge on any atom is -0.472 e. The molecule has 3 rings (SSSR count). The molecule has 0 aliphatic carbocycles. The van der Waals surface area contributed by atoms with E-state index in [4.69, 9.17) is 10.5 Å². The number of carbonyl (C=O) groups excluding carboxylic acids is 2. The van der Waals surface area contributed by atoms with Crippen molar-refractivity contribution in [1.29, 1.82) is 0 Å².